The first-order chi connectivity index (χ1) is 3.81. The fourth-order valence-corrected chi connectivity index (χ4v) is 0.191. The molecule has 0 fully saturated rings. The third kappa shape index (κ3) is 3.21. The lowest BCUT2D eigenvalue weighted by atomic mass is 10.8. The van der Waals surface area contributed by atoms with Crippen LogP contribution in [0, 0.1) is 0 Å². The summed E-state index contributed by atoms with van der Waals surface area (Å²) in [6.07, 6.45) is 2.77. The zero-order valence-corrected chi connectivity index (χ0v) is 4.96. The maximum absolute atomic E-state index is 8.51. The first-order valence-corrected chi connectivity index (χ1v) is 2.22. The van der Waals surface area contributed by atoms with Gasteiger partial charge in [0.05, 0.1) is 7.11 Å². The highest BCUT2D eigenvalue weighted by Crippen LogP contribution is 1.85. The number of aliphatic hydroxyl groups excluding tert-OH is 1. The summed E-state index contributed by atoms with van der Waals surface area (Å²) in [4.78, 5) is 3.58. The number of ether oxygens (including phenoxy) is 1. The highest BCUT2D eigenvalue weighted by Gasteiger charge is 1.80. The van der Waals surface area contributed by atoms with E-state index in [2.05, 4.69) is 9.73 Å². The molecule has 0 spiro atoms. The quantitative estimate of drug-likeness (QED) is 0.432. The molecule has 0 saturated carbocycles. The summed E-state index contributed by atoms with van der Waals surface area (Å²) in [5.41, 5.74) is 0. The Balaban J connectivity index is 3.57. The molecule has 0 bridgehead atoms. The summed E-state index contributed by atoms with van der Waals surface area (Å²) in [5, 5.41) is 8.51. The van der Waals surface area contributed by atoms with Crippen LogP contribution < -0.4 is 0 Å². The fraction of sp³-hybridized carbons (Fsp3) is 0.400. The van der Waals surface area contributed by atoms with E-state index in [1.54, 1.807) is 13.1 Å². The van der Waals surface area contributed by atoms with Gasteiger partial charge in [-0.15, -0.1) is 0 Å². The molecule has 3 nitrogen and oxygen atoms in total. The molecular formula is C5H9NO2. The molecule has 0 aromatic carbocycles. The van der Waals surface area contributed by atoms with Crippen molar-refractivity contribution in [3.05, 3.63) is 12.1 Å². The van der Waals surface area contributed by atoms with Crippen molar-refractivity contribution >= 4 is 6.21 Å². The maximum atomic E-state index is 8.51. The lowest BCUT2D eigenvalue weighted by Crippen LogP contribution is -1.80. The second-order valence-corrected chi connectivity index (χ2v) is 1.08. The van der Waals surface area contributed by atoms with Crippen molar-refractivity contribution in [2.45, 2.75) is 6.92 Å². The molecule has 0 aliphatic rings. The number of hydrogen-bond donors (Lipinski definition) is 1. The molecule has 0 radical (unpaired) electrons. The van der Waals surface area contributed by atoms with Crippen molar-refractivity contribution < 1.29 is 9.84 Å². The van der Waals surface area contributed by atoms with E-state index in [-0.39, 0.29) is 5.95 Å². The van der Waals surface area contributed by atoms with Crippen LogP contribution in [0.25, 0.3) is 0 Å². The predicted molar refractivity (Wildman–Crippen MR) is 31.9 cm³/mol. The van der Waals surface area contributed by atoms with Gasteiger partial charge in [0.25, 0.3) is 5.95 Å². The van der Waals surface area contributed by atoms with E-state index in [9.17, 15) is 0 Å². The average Bonchev–Trinajstić information content (AvgIpc) is 1.83. The summed E-state index contributed by atoms with van der Waals surface area (Å²) in [7, 11) is 1.37. The summed E-state index contributed by atoms with van der Waals surface area (Å²) in [6.45, 7) is 1.75. The zero-order chi connectivity index (χ0) is 6.41. The van der Waals surface area contributed by atoms with Gasteiger partial charge in [0.1, 0.15) is 6.20 Å². The highest BCUT2D eigenvalue weighted by molar-refractivity contribution is 5.54. The molecule has 1 N–H and O–H groups in total. The van der Waals surface area contributed by atoms with Crippen LogP contribution in [0.15, 0.2) is 17.1 Å². The van der Waals surface area contributed by atoms with Crippen LogP contribution in [0.2, 0.25) is 0 Å². The van der Waals surface area contributed by atoms with Crippen molar-refractivity contribution in [3.8, 4) is 0 Å². The van der Waals surface area contributed by atoms with E-state index in [4.69, 9.17) is 5.11 Å². The van der Waals surface area contributed by atoms with Crippen LogP contribution in [0.3, 0.4) is 0 Å². The van der Waals surface area contributed by atoms with Crippen LogP contribution in [0.4, 0.5) is 0 Å². The van der Waals surface area contributed by atoms with Gasteiger partial charge in [0, 0.05) is 6.21 Å². The molecule has 0 aliphatic heterocycles. The van der Waals surface area contributed by atoms with Crippen LogP contribution >= 0.6 is 0 Å². The SMILES string of the molecule is C/C=N/C=C(\O)OC. The lowest BCUT2D eigenvalue weighted by Gasteiger charge is -1.90. The number of aliphatic hydroxyl groups is 1. The molecule has 3 heteroatoms. The van der Waals surface area contributed by atoms with Gasteiger partial charge in [-0.3, -0.25) is 4.99 Å². The molecular weight excluding hydrogens is 106 g/mol. The number of methoxy groups -OCH3 is 1. The highest BCUT2D eigenvalue weighted by atomic mass is 16.6. The summed E-state index contributed by atoms with van der Waals surface area (Å²) in [6, 6.07) is 0. The van der Waals surface area contributed by atoms with Gasteiger partial charge in [-0.25, -0.2) is 0 Å². The van der Waals surface area contributed by atoms with E-state index < -0.39 is 0 Å². The van der Waals surface area contributed by atoms with Crippen LogP contribution in [-0.4, -0.2) is 18.4 Å². The van der Waals surface area contributed by atoms with E-state index in [1.165, 1.54) is 13.3 Å². The van der Waals surface area contributed by atoms with Crippen molar-refractivity contribution in [3.63, 3.8) is 0 Å². The largest absolute Gasteiger partial charge is 0.480 e. The van der Waals surface area contributed by atoms with Crippen molar-refractivity contribution in [1.29, 1.82) is 0 Å². The van der Waals surface area contributed by atoms with E-state index >= 15 is 0 Å². The number of rotatable bonds is 2. The van der Waals surface area contributed by atoms with E-state index in [0.717, 1.165) is 0 Å². The Labute approximate surface area is 48.3 Å². The Morgan fingerprint density at radius 3 is 2.75 bits per heavy atom. The van der Waals surface area contributed by atoms with Crippen LogP contribution in [0.5, 0.6) is 0 Å². The van der Waals surface area contributed by atoms with Gasteiger partial charge in [-0.2, -0.15) is 0 Å². The topological polar surface area (TPSA) is 41.8 Å². The smallest absolute Gasteiger partial charge is 0.295 e. The molecule has 0 heterocycles. The molecule has 8 heavy (non-hydrogen) atoms. The van der Waals surface area contributed by atoms with Gasteiger partial charge in [0.15, 0.2) is 0 Å². The van der Waals surface area contributed by atoms with Crippen molar-refractivity contribution in [2.75, 3.05) is 7.11 Å². The first kappa shape index (κ1) is 7.01. The Morgan fingerprint density at radius 1 is 1.75 bits per heavy atom. The molecule has 0 aliphatic carbocycles. The number of hydrogen-bond acceptors (Lipinski definition) is 3. The van der Waals surface area contributed by atoms with E-state index in [0.29, 0.717) is 0 Å². The van der Waals surface area contributed by atoms with Crippen molar-refractivity contribution in [1.82, 2.24) is 0 Å². The second-order valence-electron chi connectivity index (χ2n) is 1.08. The van der Waals surface area contributed by atoms with Gasteiger partial charge in [-0.1, -0.05) is 0 Å². The number of aliphatic imine (C=N–C) groups is 1. The third-order valence-electron chi connectivity index (χ3n) is 0.543. The standard InChI is InChI=1S/C5H9NO2/c1-3-6-4-5(7)8-2/h3-4,7H,1-2H3/b5-4+,6-3+. The Bertz CT molecular complexity index is 107. The predicted octanol–water partition coefficient (Wildman–Crippen LogP) is 1.08. The minimum Gasteiger partial charge on any atom is -0.480 e. The molecule has 0 unspecified atom stereocenters. The first-order valence-electron chi connectivity index (χ1n) is 2.22. The molecule has 46 valence electrons. The van der Waals surface area contributed by atoms with E-state index in [1.807, 2.05) is 0 Å². The van der Waals surface area contributed by atoms with Gasteiger partial charge >= 0.3 is 0 Å². The minimum absolute atomic E-state index is 0.178. The van der Waals surface area contributed by atoms with Gasteiger partial charge in [0.2, 0.25) is 0 Å². The maximum Gasteiger partial charge on any atom is 0.295 e. The molecule has 0 aromatic heterocycles. The molecule has 0 atom stereocenters. The monoisotopic (exact) mass is 115 g/mol. The van der Waals surface area contributed by atoms with Crippen LogP contribution in [0.1, 0.15) is 6.92 Å². The zero-order valence-electron chi connectivity index (χ0n) is 4.96. The Hall–Kier alpha value is -0.990. The summed E-state index contributed by atoms with van der Waals surface area (Å²) in [5.74, 6) is -0.178. The van der Waals surface area contributed by atoms with Crippen molar-refractivity contribution in [2.24, 2.45) is 4.99 Å². The van der Waals surface area contributed by atoms with Gasteiger partial charge < -0.3 is 9.84 Å². The number of nitrogens with zero attached hydrogens (tertiary/aromatic N) is 1. The molecule has 0 rings (SSSR count). The summed E-state index contributed by atoms with van der Waals surface area (Å²) < 4.78 is 4.36. The van der Waals surface area contributed by atoms with Gasteiger partial charge in [-0.05, 0) is 6.92 Å². The minimum atomic E-state index is -0.178. The molecule has 0 saturated heterocycles. The normalized spacial score (nSPS) is 12.5. The molecule has 0 amide bonds. The summed E-state index contributed by atoms with van der Waals surface area (Å²) >= 11 is 0. The average molecular weight is 115 g/mol. The van der Waals surface area contributed by atoms with Crippen LogP contribution in [-0.2, 0) is 4.74 Å². The molecule has 0 aromatic rings. The third-order valence-corrected chi connectivity index (χ3v) is 0.543. The second kappa shape index (κ2) is 4.18. The Kier molecular flexibility index (Phi) is 3.66. The Morgan fingerprint density at radius 2 is 2.38 bits per heavy atom. The fourth-order valence-electron chi connectivity index (χ4n) is 0.191. The lowest BCUT2D eigenvalue weighted by molar-refractivity contribution is 0.135.